The molecule has 0 heterocycles. The summed E-state index contributed by atoms with van der Waals surface area (Å²) in [7, 11) is 1.54. The number of carbonyl (C=O) groups excluding carboxylic acids is 1. The second-order valence-electron chi connectivity index (χ2n) is 4.05. The van der Waals surface area contributed by atoms with Gasteiger partial charge in [-0.15, -0.1) is 0 Å². The molecule has 3 nitrogen and oxygen atoms in total. The molecule has 0 bridgehead atoms. The quantitative estimate of drug-likeness (QED) is 0.627. The lowest BCUT2D eigenvalue weighted by molar-refractivity contribution is 0.0728. The average Bonchev–Trinajstić information content (AvgIpc) is 2.42. The molecule has 0 saturated carbocycles. The SMILES string of the molecule is COc1ccc(C(=O)Oc2ccc(C)cc2F)cc1. The van der Waals surface area contributed by atoms with Crippen LogP contribution in [0.3, 0.4) is 0 Å². The summed E-state index contributed by atoms with van der Waals surface area (Å²) >= 11 is 0. The molecule has 0 unspecified atom stereocenters. The molecule has 0 aromatic heterocycles. The Balaban J connectivity index is 2.15. The average molecular weight is 260 g/mol. The van der Waals surface area contributed by atoms with Crippen molar-refractivity contribution in [3.8, 4) is 11.5 Å². The summed E-state index contributed by atoms with van der Waals surface area (Å²) < 4.78 is 23.5. The molecule has 0 aliphatic heterocycles. The molecular weight excluding hydrogens is 247 g/mol. The van der Waals surface area contributed by atoms with Crippen molar-refractivity contribution in [3.05, 3.63) is 59.4 Å². The van der Waals surface area contributed by atoms with Crippen molar-refractivity contribution in [1.29, 1.82) is 0 Å². The van der Waals surface area contributed by atoms with Crippen molar-refractivity contribution in [2.24, 2.45) is 0 Å². The molecule has 0 saturated heterocycles. The number of ether oxygens (including phenoxy) is 2. The van der Waals surface area contributed by atoms with Gasteiger partial charge in [0.1, 0.15) is 5.75 Å². The van der Waals surface area contributed by atoms with Gasteiger partial charge in [-0.3, -0.25) is 0 Å². The summed E-state index contributed by atoms with van der Waals surface area (Å²) in [5.41, 5.74) is 1.10. The van der Waals surface area contributed by atoms with Gasteiger partial charge >= 0.3 is 5.97 Å². The van der Waals surface area contributed by atoms with Gasteiger partial charge in [0, 0.05) is 0 Å². The lowest BCUT2D eigenvalue weighted by atomic mass is 10.2. The van der Waals surface area contributed by atoms with Crippen LogP contribution >= 0.6 is 0 Å². The van der Waals surface area contributed by atoms with Crippen molar-refractivity contribution in [1.82, 2.24) is 0 Å². The first-order valence-electron chi connectivity index (χ1n) is 5.72. The highest BCUT2D eigenvalue weighted by Crippen LogP contribution is 2.20. The number of esters is 1. The zero-order chi connectivity index (χ0) is 13.8. The predicted octanol–water partition coefficient (Wildman–Crippen LogP) is 3.36. The smallest absolute Gasteiger partial charge is 0.343 e. The summed E-state index contributed by atoms with van der Waals surface area (Å²) in [5.74, 6) is -0.600. The summed E-state index contributed by atoms with van der Waals surface area (Å²) in [5, 5.41) is 0. The van der Waals surface area contributed by atoms with Crippen LogP contribution in [0.25, 0.3) is 0 Å². The van der Waals surface area contributed by atoms with Crippen molar-refractivity contribution in [3.63, 3.8) is 0 Å². The van der Waals surface area contributed by atoms with Gasteiger partial charge in [0.2, 0.25) is 0 Å². The number of benzene rings is 2. The van der Waals surface area contributed by atoms with Gasteiger partial charge in [-0.2, -0.15) is 0 Å². The van der Waals surface area contributed by atoms with Gasteiger partial charge in [0.15, 0.2) is 11.6 Å². The van der Waals surface area contributed by atoms with Crippen molar-refractivity contribution in [2.45, 2.75) is 6.92 Å². The van der Waals surface area contributed by atoms with Crippen LogP contribution in [0.15, 0.2) is 42.5 Å². The maximum Gasteiger partial charge on any atom is 0.343 e. The number of rotatable bonds is 3. The Hall–Kier alpha value is -2.36. The summed E-state index contributed by atoms with van der Waals surface area (Å²) in [4.78, 5) is 11.8. The first kappa shape index (κ1) is 13.1. The Bertz CT molecular complexity index is 591. The molecule has 0 atom stereocenters. The molecule has 0 N–H and O–H groups in total. The second kappa shape index (κ2) is 5.52. The molecule has 19 heavy (non-hydrogen) atoms. The Morgan fingerprint density at radius 3 is 2.37 bits per heavy atom. The Labute approximate surface area is 110 Å². The lowest BCUT2D eigenvalue weighted by Gasteiger charge is -2.06. The molecule has 98 valence electrons. The minimum Gasteiger partial charge on any atom is -0.497 e. The molecule has 0 radical (unpaired) electrons. The minimum atomic E-state index is -0.606. The van der Waals surface area contributed by atoms with Gasteiger partial charge < -0.3 is 9.47 Å². The molecule has 2 aromatic carbocycles. The van der Waals surface area contributed by atoms with Crippen LogP contribution < -0.4 is 9.47 Å². The molecule has 2 rings (SSSR count). The third-order valence-corrected chi connectivity index (χ3v) is 2.62. The van der Waals surface area contributed by atoms with Crippen molar-refractivity contribution < 1.29 is 18.7 Å². The Morgan fingerprint density at radius 2 is 1.79 bits per heavy atom. The maximum absolute atomic E-state index is 13.5. The Kier molecular flexibility index (Phi) is 3.80. The normalized spacial score (nSPS) is 10.1. The fraction of sp³-hybridized carbons (Fsp3) is 0.133. The van der Waals surface area contributed by atoms with Crippen molar-refractivity contribution in [2.75, 3.05) is 7.11 Å². The topological polar surface area (TPSA) is 35.5 Å². The highest BCUT2D eigenvalue weighted by atomic mass is 19.1. The highest BCUT2D eigenvalue weighted by Gasteiger charge is 2.11. The number of hydrogen-bond donors (Lipinski definition) is 0. The van der Waals surface area contributed by atoms with Crippen LogP contribution in [0.2, 0.25) is 0 Å². The molecular formula is C15H13FO3. The summed E-state index contributed by atoms with van der Waals surface area (Å²) in [6, 6.07) is 10.8. The second-order valence-corrected chi connectivity index (χ2v) is 4.05. The zero-order valence-corrected chi connectivity index (χ0v) is 10.6. The van der Waals surface area contributed by atoms with Gasteiger partial charge in [-0.25, -0.2) is 9.18 Å². The van der Waals surface area contributed by atoms with Crippen LogP contribution in [0.1, 0.15) is 15.9 Å². The fourth-order valence-electron chi connectivity index (χ4n) is 1.57. The van der Waals surface area contributed by atoms with Gasteiger partial charge in [-0.05, 0) is 48.9 Å². The molecule has 0 spiro atoms. The van der Waals surface area contributed by atoms with Crippen LogP contribution in [0.5, 0.6) is 11.5 Å². The van der Waals surface area contributed by atoms with Crippen molar-refractivity contribution >= 4 is 5.97 Å². The molecule has 0 fully saturated rings. The predicted molar refractivity (Wildman–Crippen MR) is 69.1 cm³/mol. The van der Waals surface area contributed by atoms with E-state index in [4.69, 9.17) is 9.47 Å². The van der Waals surface area contributed by atoms with Crippen LogP contribution in [0.4, 0.5) is 4.39 Å². The first-order chi connectivity index (χ1) is 9.10. The number of halogens is 1. The largest absolute Gasteiger partial charge is 0.497 e. The van der Waals surface area contributed by atoms with E-state index >= 15 is 0 Å². The van der Waals surface area contributed by atoms with Crippen LogP contribution in [-0.2, 0) is 0 Å². The first-order valence-corrected chi connectivity index (χ1v) is 5.72. The van der Waals surface area contributed by atoms with E-state index in [9.17, 15) is 9.18 Å². The third kappa shape index (κ3) is 3.10. The van der Waals surface area contributed by atoms with Crippen LogP contribution in [-0.4, -0.2) is 13.1 Å². The Morgan fingerprint density at radius 1 is 1.11 bits per heavy atom. The van der Waals surface area contributed by atoms with E-state index in [1.165, 1.54) is 19.2 Å². The number of methoxy groups -OCH3 is 1. The van der Waals surface area contributed by atoms with Crippen LogP contribution in [0, 0.1) is 12.7 Å². The van der Waals surface area contributed by atoms with E-state index in [-0.39, 0.29) is 5.75 Å². The fourth-order valence-corrected chi connectivity index (χ4v) is 1.57. The van der Waals surface area contributed by atoms with E-state index in [1.807, 2.05) is 0 Å². The number of hydrogen-bond acceptors (Lipinski definition) is 3. The summed E-state index contributed by atoms with van der Waals surface area (Å²) in [6.45, 7) is 1.76. The summed E-state index contributed by atoms with van der Waals surface area (Å²) in [6.07, 6.45) is 0. The van der Waals surface area contributed by atoms with E-state index < -0.39 is 11.8 Å². The minimum absolute atomic E-state index is 0.0774. The monoisotopic (exact) mass is 260 g/mol. The molecule has 0 aliphatic rings. The molecule has 0 amide bonds. The standard InChI is InChI=1S/C15H13FO3/c1-10-3-8-14(13(16)9-10)19-15(17)11-4-6-12(18-2)7-5-11/h3-9H,1-2H3. The number of aryl methyl sites for hydroxylation is 1. The van der Waals surface area contributed by atoms with E-state index in [0.717, 1.165) is 5.56 Å². The number of carbonyl (C=O) groups is 1. The molecule has 2 aromatic rings. The van der Waals surface area contributed by atoms with Gasteiger partial charge in [0.25, 0.3) is 0 Å². The van der Waals surface area contributed by atoms with E-state index in [2.05, 4.69) is 0 Å². The maximum atomic E-state index is 13.5. The van der Waals surface area contributed by atoms with E-state index in [0.29, 0.717) is 11.3 Å². The van der Waals surface area contributed by atoms with Gasteiger partial charge in [0.05, 0.1) is 12.7 Å². The molecule has 0 aliphatic carbocycles. The highest BCUT2D eigenvalue weighted by molar-refractivity contribution is 5.91. The van der Waals surface area contributed by atoms with E-state index in [1.54, 1.807) is 37.3 Å². The third-order valence-electron chi connectivity index (χ3n) is 2.62. The molecule has 4 heteroatoms. The van der Waals surface area contributed by atoms with Gasteiger partial charge in [-0.1, -0.05) is 6.07 Å². The lowest BCUT2D eigenvalue weighted by Crippen LogP contribution is -2.09. The zero-order valence-electron chi connectivity index (χ0n) is 10.6.